The lowest BCUT2D eigenvalue weighted by Gasteiger charge is -2.09. The third-order valence-corrected chi connectivity index (χ3v) is 3.18. The Hall–Kier alpha value is -2.84. The number of hydrogen-bond donors (Lipinski definition) is 2. The van der Waals surface area contributed by atoms with Crippen molar-refractivity contribution in [3.05, 3.63) is 58.6 Å². The van der Waals surface area contributed by atoms with E-state index in [0.717, 1.165) is 5.56 Å². The first-order valence-corrected chi connectivity index (χ1v) is 6.76. The Morgan fingerprint density at radius 2 is 1.68 bits per heavy atom. The minimum atomic E-state index is -0.859. The van der Waals surface area contributed by atoms with Gasteiger partial charge in [-0.2, -0.15) is 5.26 Å². The van der Waals surface area contributed by atoms with Gasteiger partial charge in [0.15, 0.2) is 0 Å². The lowest BCUT2D eigenvalue weighted by atomic mass is 10.2. The van der Waals surface area contributed by atoms with E-state index < -0.39 is 11.8 Å². The third-order valence-electron chi connectivity index (χ3n) is 2.95. The van der Waals surface area contributed by atoms with Gasteiger partial charge in [-0.1, -0.05) is 29.8 Å². The number of amides is 2. The number of nitrogens with zero attached hydrogens (tertiary/aromatic N) is 1. The van der Waals surface area contributed by atoms with Crippen LogP contribution in [0.5, 0.6) is 0 Å². The van der Waals surface area contributed by atoms with Gasteiger partial charge in [0.25, 0.3) is 0 Å². The first-order valence-electron chi connectivity index (χ1n) is 6.39. The third kappa shape index (κ3) is 3.62. The maximum Gasteiger partial charge on any atom is 0.314 e. The van der Waals surface area contributed by atoms with Crippen LogP contribution in [0.3, 0.4) is 0 Å². The molecule has 0 spiro atoms. The van der Waals surface area contributed by atoms with Crippen molar-refractivity contribution in [2.24, 2.45) is 0 Å². The smallest absolute Gasteiger partial charge is 0.314 e. The molecule has 2 aromatic rings. The van der Waals surface area contributed by atoms with Crippen molar-refractivity contribution in [2.75, 3.05) is 10.6 Å². The van der Waals surface area contributed by atoms with Crippen LogP contribution >= 0.6 is 11.6 Å². The zero-order valence-electron chi connectivity index (χ0n) is 11.7. The molecule has 2 N–H and O–H groups in total. The van der Waals surface area contributed by atoms with Gasteiger partial charge in [-0.15, -0.1) is 0 Å². The Balaban J connectivity index is 2.12. The molecule has 0 aromatic heterocycles. The van der Waals surface area contributed by atoms with Gasteiger partial charge in [0, 0.05) is 10.7 Å². The Labute approximate surface area is 132 Å². The molecule has 5 nitrogen and oxygen atoms in total. The number of nitriles is 1. The maximum atomic E-state index is 11.9. The summed E-state index contributed by atoms with van der Waals surface area (Å²) in [6.07, 6.45) is 0. The Bertz CT molecular complexity index is 781. The molecule has 0 bridgehead atoms. The van der Waals surface area contributed by atoms with Crippen molar-refractivity contribution < 1.29 is 9.59 Å². The van der Waals surface area contributed by atoms with Crippen LogP contribution in [0.2, 0.25) is 5.02 Å². The number of carbonyl (C=O) groups excluding carboxylic acids is 2. The van der Waals surface area contributed by atoms with Crippen LogP contribution in [0.4, 0.5) is 11.4 Å². The number of anilines is 2. The number of para-hydroxylation sites is 1. The van der Waals surface area contributed by atoms with Crippen LogP contribution in [0, 0.1) is 18.3 Å². The van der Waals surface area contributed by atoms with Crippen LogP contribution in [0.1, 0.15) is 11.1 Å². The molecule has 0 fully saturated rings. The van der Waals surface area contributed by atoms with Gasteiger partial charge in [-0.3, -0.25) is 9.59 Å². The summed E-state index contributed by atoms with van der Waals surface area (Å²) in [5.41, 5.74) is 1.81. The van der Waals surface area contributed by atoms with Crippen molar-refractivity contribution in [2.45, 2.75) is 6.92 Å². The quantitative estimate of drug-likeness (QED) is 0.836. The van der Waals surface area contributed by atoms with E-state index in [-0.39, 0.29) is 11.3 Å². The number of rotatable bonds is 2. The largest absolute Gasteiger partial charge is 0.317 e. The SMILES string of the molecule is Cc1ccc(Cl)cc1NC(=O)C(=O)Nc1ccccc1C#N. The second-order valence-corrected chi connectivity index (χ2v) is 4.96. The zero-order valence-corrected chi connectivity index (χ0v) is 12.4. The van der Waals surface area contributed by atoms with Crippen LogP contribution in [0.15, 0.2) is 42.5 Å². The maximum absolute atomic E-state index is 11.9. The van der Waals surface area contributed by atoms with Crippen molar-refractivity contribution in [1.29, 1.82) is 5.26 Å². The van der Waals surface area contributed by atoms with Crippen molar-refractivity contribution in [3.8, 4) is 6.07 Å². The molecule has 0 aliphatic heterocycles. The van der Waals surface area contributed by atoms with E-state index in [1.165, 1.54) is 0 Å². The van der Waals surface area contributed by atoms with E-state index in [0.29, 0.717) is 10.7 Å². The van der Waals surface area contributed by atoms with Crippen LogP contribution in [-0.4, -0.2) is 11.8 Å². The highest BCUT2D eigenvalue weighted by Gasteiger charge is 2.16. The second kappa shape index (κ2) is 6.74. The molecule has 110 valence electrons. The van der Waals surface area contributed by atoms with Gasteiger partial charge >= 0.3 is 11.8 Å². The Kier molecular flexibility index (Phi) is 4.77. The molecule has 0 unspecified atom stereocenters. The predicted molar refractivity (Wildman–Crippen MR) is 84.6 cm³/mol. The van der Waals surface area contributed by atoms with Crippen LogP contribution < -0.4 is 10.6 Å². The molecule has 2 aromatic carbocycles. The number of nitrogens with one attached hydrogen (secondary N) is 2. The van der Waals surface area contributed by atoms with Gasteiger partial charge in [-0.25, -0.2) is 0 Å². The summed E-state index contributed by atoms with van der Waals surface area (Å²) in [6.45, 7) is 1.79. The summed E-state index contributed by atoms with van der Waals surface area (Å²) in [6, 6.07) is 13.4. The number of benzene rings is 2. The van der Waals surface area contributed by atoms with Crippen LogP contribution in [-0.2, 0) is 9.59 Å². The summed E-state index contributed by atoms with van der Waals surface area (Å²) in [5, 5.41) is 14.3. The average molecular weight is 314 g/mol. The molecule has 0 saturated heterocycles. The lowest BCUT2D eigenvalue weighted by Crippen LogP contribution is -2.29. The molecule has 0 aliphatic rings. The average Bonchev–Trinajstić information content (AvgIpc) is 2.51. The first kappa shape index (κ1) is 15.5. The molecule has 2 amide bonds. The molecule has 0 saturated carbocycles. The predicted octanol–water partition coefficient (Wildman–Crippen LogP) is 3.10. The first-order chi connectivity index (χ1) is 10.5. The molecule has 2 rings (SSSR count). The highest BCUT2D eigenvalue weighted by molar-refractivity contribution is 6.44. The summed E-state index contributed by atoms with van der Waals surface area (Å²) in [4.78, 5) is 23.8. The zero-order chi connectivity index (χ0) is 16.1. The lowest BCUT2D eigenvalue weighted by molar-refractivity contribution is -0.133. The van der Waals surface area contributed by atoms with E-state index >= 15 is 0 Å². The van der Waals surface area contributed by atoms with Crippen molar-refractivity contribution in [3.63, 3.8) is 0 Å². The molecular formula is C16H12ClN3O2. The summed E-state index contributed by atoms with van der Waals surface area (Å²) in [5.74, 6) is -1.69. The highest BCUT2D eigenvalue weighted by atomic mass is 35.5. The molecule has 6 heteroatoms. The van der Waals surface area contributed by atoms with E-state index in [1.54, 1.807) is 49.4 Å². The molecule has 22 heavy (non-hydrogen) atoms. The van der Waals surface area contributed by atoms with E-state index in [4.69, 9.17) is 16.9 Å². The Morgan fingerprint density at radius 1 is 1.05 bits per heavy atom. The fraction of sp³-hybridized carbons (Fsp3) is 0.0625. The monoisotopic (exact) mass is 313 g/mol. The summed E-state index contributed by atoms with van der Waals surface area (Å²) < 4.78 is 0. The molecule has 0 heterocycles. The fourth-order valence-corrected chi connectivity index (χ4v) is 1.95. The van der Waals surface area contributed by atoms with Gasteiger partial charge in [-0.05, 0) is 36.8 Å². The fourth-order valence-electron chi connectivity index (χ4n) is 1.78. The molecule has 0 radical (unpaired) electrons. The number of halogens is 1. The highest BCUT2D eigenvalue weighted by Crippen LogP contribution is 2.20. The van der Waals surface area contributed by atoms with Crippen LogP contribution in [0.25, 0.3) is 0 Å². The summed E-state index contributed by atoms with van der Waals surface area (Å²) in [7, 11) is 0. The standard InChI is InChI=1S/C16H12ClN3O2/c1-10-6-7-12(17)8-14(10)20-16(22)15(21)19-13-5-3-2-4-11(13)9-18/h2-8H,1H3,(H,19,21)(H,20,22). The van der Waals surface area contributed by atoms with Gasteiger partial charge in [0.05, 0.1) is 11.3 Å². The minimum absolute atomic E-state index is 0.280. The van der Waals surface area contributed by atoms with Gasteiger partial charge in [0.2, 0.25) is 0 Å². The normalized spacial score (nSPS) is 9.68. The number of hydrogen-bond acceptors (Lipinski definition) is 3. The minimum Gasteiger partial charge on any atom is -0.317 e. The summed E-state index contributed by atoms with van der Waals surface area (Å²) >= 11 is 5.86. The number of aryl methyl sites for hydroxylation is 1. The molecule has 0 aliphatic carbocycles. The van der Waals surface area contributed by atoms with Gasteiger partial charge < -0.3 is 10.6 Å². The second-order valence-electron chi connectivity index (χ2n) is 4.52. The topological polar surface area (TPSA) is 82.0 Å². The van der Waals surface area contributed by atoms with E-state index in [1.807, 2.05) is 6.07 Å². The van der Waals surface area contributed by atoms with E-state index in [2.05, 4.69) is 10.6 Å². The van der Waals surface area contributed by atoms with Crippen molar-refractivity contribution in [1.82, 2.24) is 0 Å². The van der Waals surface area contributed by atoms with E-state index in [9.17, 15) is 9.59 Å². The molecule has 0 atom stereocenters. The molecular weight excluding hydrogens is 302 g/mol. The number of carbonyl (C=O) groups is 2. The van der Waals surface area contributed by atoms with Crippen molar-refractivity contribution >= 4 is 34.8 Å². The van der Waals surface area contributed by atoms with Gasteiger partial charge in [0.1, 0.15) is 6.07 Å². The Morgan fingerprint density at radius 3 is 2.36 bits per heavy atom.